The highest BCUT2D eigenvalue weighted by atomic mass is 32.2. The molecule has 0 aromatic carbocycles. The fraction of sp³-hybridized carbons (Fsp3) is 0.917. The summed E-state index contributed by atoms with van der Waals surface area (Å²) in [5.74, 6) is 0.560. The van der Waals surface area contributed by atoms with Crippen LogP contribution in [-0.2, 0) is 14.8 Å². The minimum Gasteiger partial charge on any atom is -0.341 e. The highest BCUT2D eigenvalue weighted by Gasteiger charge is 2.35. The molecule has 110 valence electrons. The molecule has 19 heavy (non-hydrogen) atoms. The van der Waals surface area contributed by atoms with Crippen molar-refractivity contribution < 1.29 is 13.2 Å². The smallest absolute Gasteiger partial charge is 0.227 e. The van der Waals surface area contributed by atoms with Crippen LogP contribution in [0.5, 0.6) is 0 Å². The molecule has 0 radical (unpaired) electrons. The number of carbonyl (C=O) groups is 1. The van der Waals surface area contributed by atoms with E-state index in [9.17, 15) is 13.2 Å². The van der Waals surface area contributed by atoms with Gasteiger partial charge in [-0.05, 0) is 25.3 Å². The average molecular weight is 289 g/mol. The molecule has 6 nitrogen and oxygen atoms in total. The molecule has 1 unspecified atom stereocenters. The first-order chi connectivity index (χ1) is 8.87. The number of carbonyl (C=O) groups excluding carboxylic acids is 1. The molecule has 2 aliphatic heterocycles. The lowest BCUT2D eigenvalue weighted by Crippen LogP contribution is -2.51. The molecule has 0 aromatic rings. The molecule has 0 spiro atoms. The lowest BCUT2D eigenvalue weighted by atomic mass is 9.95. The quantitative estimate of drug-likeness (QED) is 0.726. The number of nitrogens with one attached hydrogen (secondary N) is 2. The Kier molecular flexibility index (Phi) is 4.47. The van der Waals surface area contributed by atoms with Crippen molar-refractivity contribution in [2.45, 2.75) is 25.8 Å². The minimum absolute atomic E-state index is 0.0389. The summed E-state index contributed by atoms with van der Waals surface area (Å²) in [6.07, 6.45) is 2.82. The molecule has 2 fully saturated rings. The van der Waals surface area contributed by atoms with Gasteiger partial charge in [0.2, 0.25) is 15.9 Å². The van der Waals surface area contributed by atoms with Gasteiger partial charge in [0.05, 0.1) is 12.2 Å². The third kappa shape index (κ3) is 3.90. The summed E-state index contributed by atoms with van der Waals surface area (Å²) in [4.78, 5) is 14.3. The van der Waals surface area contributed by atoms with Crippen LogP contribution >= 0.6 is 0 Å². The molecule has 2 heterocycles. The van der Waals surface area contributed by atoms with Crippen LogP contribution in [-0.4, -0.2) is 57.7 Å². The van der Waals surface area contributed by atoms with E-state index in [1.165, 1.54) is 0 Å². The fourth-order valence-electron chi connectivity index (χ4n) is 2.95. The summed E-state index contributed by atoms with van der Waals surface area (Å²) in [6.45, 7) is 4.94. The van der Waals surface area contributed by atoms with Crippen LogP contribution in [0, 0.1) is 11.8 Å². The van der Waals surface area contributed by atoms with E-state index in [4.69, 9.17) is 0 Å². The molecule has 0 aliphatic carbocycles. The first-order valence-electron chi connectivity index (χ1n) is 6.83. The molecule has 2 rings (SSSR count). The third-order valence-corrected chi connectivity index (χ3v) is 4.71. The zero-order valence-corrected chi connectivity index (χ0v) is 12.4. The Hall–Kier alpha value is -0.660. The van der Waals surface area contributed by atoms with Crippen molar-refractivity contribution in [3.05, 3.63) is 0 Å². The molecule has 7 heteroatoms. The van der Waals surface area contributed by atoms with Crippen LogP contribution in [0.1, 0.15) is 19.8 Å². The second-order valence-electron chi connectivity index (χ2n) is 5.76. The number of amides is 1. The van der Waals surface area contributed by atoms with Gasteiger partial charge in [0.1, 0.15) is 0 Å². The molecule has 1 amide bonds. The van der Waals surface area contributed by atoms with Crippen molar-refractivity contribution >= 4 is 15.9 Å². The molecule has 3 atom stereocenters. The number of hydrogen-bond acceptors (Lipinski definition) is 4. The maximum Gasteiger partial charge on any atom is 0.227 e. The van der Waals surface area contributed by atoms with Gasteiger partial charge in [0.25, 0.3) is 0 Å². The van der Waals surface area contributed by atoms with Gasteiger partial charge in [-0.2, -0.15) is 0 Å². The van der Waals surface area contributed by atoms with Crippen molar-refractivity contribution in [2.75, 3.05) is 32.4 Å². The number of rotatable bonds is 3. The summed E-state index contributed by atoms with van der Waals surface area (Å²) in [5, 5.41) is 3.23. The van der Waals surface area contributed by atoms with Crippen LogP contribution in [0.15, 0.2) is 0 Å². The molecule has 2 N–H and O–H groups in total. The van der Waals surface area contributed by atoms with Gasteiger partial charge in [-0.15, -0.1) is 0 Å². The Labute approximate surface area is 115 Å². The van der Waals surface area contributed by atoms with Gasteiger partial charge < -0.3 is 10.2 Å². The van der Waals surface area contributed by atoms with Crippen molar-refractivity contribution in [2.24, 2.45) is 11.8 Å². The van der Waals surface area contributed by atoms with E-state index in [1.54, 1.807) is 0 Å². The largest absolute Gasteiger partial charge is 0.341 e. The van der Waals surface area contributed by atoms with Gasteiger partial charge in [0.15, 0.2) is 0 Å². The van der Waals surface area contributed by atoms with E-state index in [0.717, 1.165) is 38.7 Å². The first kappa shape index (κ1) is 14.7. The Morgan fingerprint density at radius 3 is 2.68 bits per heavy atom. The summed E-state index contributed by atoms with van der Waals surface area (Å²) in [6, 6.07) is -0.141. The van der Waals surface area contributed by atoms with Crippen LogP contribution in [0.3, 0.4) is 0 Å². The van der Waals surface area contributed by atoms with Gasteiger partial charge in [-0.1, -0.05) is 6.92 Å². The Morgan fingerprint density at radius 2 is 2.11 bits per heavy atom. The van der Waals surface area contributed by atoms with Crippen LogP contribution in [0.2, 0.25) is 0 Å². The molecular weight excluding hydrogens is 266 g/mol. The minimum atomic E-state index is -3.20. The van der Waals surface area contributed by atoms with E-state index in [-0.39, 0.29) is 17.9 Å². The topological polar surface area (TPSA) is 78.5 Å². The second kappa shape index (κ2) is 5.76. The highest BCUT2D eigenvalue weighted by molar-refractivity contribution is 7.88. The molecule has 2 saturated heterocycles. The zero-order chi connectivity index (χ0) is 14.0. The number of sulfonamides is 1. The zero-order valence-electron chi connectivity index (χ0n) is 11.6. The third-order valence-electron chi connectivity index (χ3n) is 3.95. The van der Waals surface area contributed by atoms with Gasteiger partial charge in [0, 0.05) is 25.7 Å². The van der Waals surface area contributed by atoms with E-state index >= 15 is 0 Å². The number of hydrogen-bond donors (Lipinski definition) is 2. The number of likely N-dealkylation sites (tertiary alicyclic amines) is 1. The highest BCUT2D eigenvalue weighted by Crippen LogP contribution is 2.21. The Morgan fingerprint density at radius 1 is 1.37 bits per heavy atom. The standard InChI is InChI=1S/C12H23N3O3S/c1-9-6-13-7-11(9)12(16)15-5-3-4-10(8-15)14-19(2,17)18/h9-11,13-14H,3-8H2,1-2H3/t9-,10?,11-/m1/s1. The number of nitrogens with zero attached hydrogens (tertiary/aromatic N) is 1. The van der Waals surface area contributed by atoms with Crippen molar-refractivity contribution in [3.63, 3.8) is 0 Å². The second-order valence-corrected chi connectivity index (χ2v) is 7.54. The van der Waals surface area contributed by atoms with E-state index in [0.29, 0.717) is 12.5 Å². The Bertz CT molecular complexity index is 438. The number of piperidine rings is 1. The normalized spacial score (nSPS) is 32.5. The van der Waals surface area contributed by atoms with Crippen LogP contribution in [0.4, 0.5) is 0 Å². The van der Waals surface area contributed by atoms with Crippen molar-refractivity contribution in [1.29, 1.82) is 0 Å². The van der Waals surface area contributed by atoms with Crippen LogP contribution in [0.25, 0.3) is 0 Å². The molecule has 0 saturated carbocycles. The van der Waals surface area contributed by atoms with E-state index < -0.39 is 10.0 Å². The molecule has 0 aromatic heterocycles. The van der Waals surface area contributed by atoms with Gasteiger partial charge >= 0.3 is 0 Å². The average Bonchev–Trinajstić information content (AvgIpc) is 2.72. The first-order valence-corrected chi connectivity index (χ1v) is 8.73. The summed E-state index contributed by atoms with van der Waals surface area (Å²) in [5.41, 5.74) is 0. The van der Waals surface area contributed by atoms with Crippen LogP contribution < -0.4 is 10.0 Å². The van der Waals surface area contributed by atoms with Crippen molar-refractivity contribution in [3.8, 4) is 0 Å². The predicted molar refractivity (Wildman–Crippen MR) is 73.1 cm³/mol. The van der Waals surface area contributed by atoms with Gasteiger partial charge in [-0.3, -0.25) is 4.79 Å². The lowest BCUT2D eigenvalue weighted by Gasteiger charge is -2.34. The SMILES string of the molecule is C[C@@H]1CNC[C@H]1C(=O)N1CCCC(NS(C)(=O)=O)C1. The molecule has 2 aliphatic rings. The Balaban J connectivity index is 1.95. The maximum absolute atomic E-state index is 12.4. The summed E-state index contributed by atoms with van der Waals surface area (Å²) in [7, 11) is -3.20. The summed E-state index contributed by atoms with van der Waals surface area (Å²) >= 11 is 0. The van der Waals surface area contributed by atoms with Gasteiger partial charge in [-0.25, -0.2) is 13.1 Å². The van der Waals surface area contributed by atoms with Crippen molar-refractivity contribution in [1.82, 2.24) is 14.9 Å². The lowest BCUT2D eigenvalue weighted by molar-refractivity contribution is -0.137. The molecular formula is C12H23N3O3S. The fourth-order valence-corrected chi connectivity index (χ4v) is 3.75. The molecule has 0 bridgehead atoms. The summed E-state index contributed by atoms with van der Waals surface area (Å²) < 4.78 is 25.1. The van der Waals surface area contributed by atoms with E-state index in [1.807, 2.05) is 4.90 Å². The maximum atomic E-state index is 12.4. The predicted octanol–water partition coefficient (Wildman–Crippen LogP) is -0.618. The monoisotopic (exact) mass is 289 g/mol. The van der Waals surface area contributed by atoms with E-state index in [2.05, 4.69) is 17.0 Å².